The van der Waals surface area contributed by atoms with Gasteiger partial charge in [-0.25, -0.2) is 0 Å². The molecule has 1 atom stereocenters. The van der Waals surface area contributed by atoms with Crippen molar-refractivity contribution in [1.29, 1.82) is 0 Å². The quantitative estimate of drug-likeness (QED) is 0.861. The molecule has 0 saturated carbocycles. The summed E-state index contributed by atoms with van der Waals surface area (Å²) in [5.74, 6) is 1.48. The molecule has 0 aliphatic carbocycles. The van der Waals surface area contributed by atoms with Crippen LogP contribution in [0.15, 0.2) is 24.8 Å². The predicted molar refractivity (Wildman–Crippen MR) is 75.0 cm³/mol. The first-order valence-electron chi connectivity index (χ1n) is 6.46. The molecule has 2 heterocycles. The summed E-state index contributed by atoms with van der Waals surface area (Å²) in [6.07, 6.45) is 1.94. The summed E-state index contributed by atoms with van der Waals surface area (Å²) in [6.45, 7) is 8.18. The van der Waals surface area contributed by atoms with E-state index in [-0.39, 0.29) is 12.8 Å². The summed E-state index contributed by atoms with van der Waals surface area (Å²) in [7, 11) is 0. The van der Waals surface area contributed by atoms with Crippen LogP contribution in [0.4, 0.5) is 0 Å². The summed E-state index contributed by atoms with van der Waals surface area (Å²) in [5.41, 5.74) is 1.03. The third-order valence-electron chi connectivity index (χ3n) is 3.58. The topological polar surface area (TPSA) is 33.7 Å². The summed E-state index contributed by atoms with van der Waals surface area (Å²) in [5, 5.41) is 4.05. The zero-order chi connectivity index (χ0) is 13.2. The maximum Gasteiger partial charge on any atom is 0.231 e. The number of piperazine rings is 1. The van der Waals surface area contributed by atoms with Crippen LogP contribution in [0.5, 0.6) is 11.5 Å². The highest BCUT2D eigenvalue weighted by Crippen LogP contribution is 2.40. The molecule has 1 saturated heterocycles. The van der Waals surface area contributed by atoms with Gasteiger partial charge in [0.15, 0.2) is 11.5 Å². The van der Waals surface area contributed by atoms with Crippen LogP contribution in [0.2, 0.25) is 5.02 Å². The highest BCUT2D eigenvalue weighted by molar-refractivity contribution is 6.31. The monoisotopic (exact) mass is 280 g/mol. The third-order valence-corrected chi connectivity index (χ3v) is 3.91. The molecule has 2 aliphatic heterocycles. The second-order valence-corrected chi connectivity index (χ2v) is 5.10. The van der Waals surface area contributed by atoms with Crippen LogP contribution < -0.4 is 14.8 Å². The highest BCUT2D eigenvalue weighted by atomic mass is 35.5. The summed E-state index contributed by atoms with van der Waals surface area (Å²) < 4.78 is 10.8. The lowest BCUT2D eigenvalue weighted by Gasteiger charge is -2.33. The van der Waals surface area contributed by atoms with Crippen LogP contribution >= 0.6 is 11.6 Å². The van der Waals surface area contributed by atoms with Crippen molar-refractivity contribution in [2.24, 2.45) is 0 Å². The molecule has 1 aromatic rings. The fraction of sp³-hybridized carbons (Fsp3) is 0.429. The predicted octanol–water partition coefficient (Wildman–Crippen LogP) is 2.20. The third kappa shape index (κ3) is 2.43. The molecule has 19 heavy (non-hydrogen) atoms. The normalized spacial score (nSPS) is 20.3. The van der Waals surface area contributed by atoms with Crippen molar-refractivity contribution in [1.82, 2.24) is 10.2 Å². The van der Waals surface area contributed by atoms with Crippen LogP contribution in [-0.2, 0) is 0 Å². The molecule has 5 heteroatoms. The van der Waals surface area contributed by atoms with Gasteiger partial charge in [-0.05, 0) is 11.6 Å². The molecule has 2 aliphatic rings. The van der Waals surface area contributed by atoms with E-state index in [9.17, 15) is 0 Å². The van der Waals surface area contributed by atoms with Gasteiger partial charge in [-0.1, -0.05) is 17.7 Å². The van der Waals surface area contributed by atoms with E-state index in [2.05, 4.69) is 16.8 Å². The molecule has 0 unspecified atom stereocenters. The smallest absolute Gasteiger partial charge is 0.231 e. The lowest BCUT2D eigenvalue weighted by molar-refractivity contribution is 0.173. The van der Waals surface area contributed by atoms with Crippen LogP contribution in [0, 0.1) is 0 Å². The molecular formula is C14H17ClN2O2. The van der Waals surface area contributed by atoms with E-state index < -0.39 is 0 Å². The fourth-order valence-electron chi connectivity index (χ4n) is 2.59. The molecule has 1 fully saturated rings. The second kappa shape index (κ2) is 5.41. The highest BCUT2D eigenvalue weighted by Gasteiger charge is 2.24. The van der Waals surface area contributed by atoms with Gasteiger partial charge >= 0.3 is 0 Å². The number of nitrogens with zero attached hydrogens (tertiary/aromatic N) is 1. The van der Waals surface area contributed by atoms with Crippen LogP contribution in [0.1, 0.15) is 11.6 Å². The van der Waals surface area contributed by atoms with E-state index in [0.29, 0.717) is 5.02 Å². The minimum absolute atomic E-state index is 0.115. The molecule has 0 spiro atoms. The Morgan fingerprint density at radius 3 is 2.63 bits per heavy atom. The molecule has 1 N–H and O–H groups in total. The van der Waals surface area contributed by atoms with Gasteiger partial charge in [-0.15, -0.1) is 6.58 Å². The Balaban J connectivity index is 1.92. The number of nitrogens with one attached hydrogen (secondary N) is 1. The number of halogens is 1. The van der Waals surface area contributed by atoms with Gasteiger partial charge in [0, 0.05) is 37.3 Å². The Kier molecular flexibility index (Phi) is 3.64. The first-order chi connectivity index (χ1) is 9.29. The van der Waals surface area contributed by atoms with Gasteiger partial charge in [0.1, 0.15) is 0 Å². The van der Waals surface area contributed by atoms with Crippen molar-refractivity contribution in [2.45, 2.75) is 6.04 Å². The van der Waals surface area contributed by atoms with Crippen molar-refractivity contribution in [2.75, 3.05) is 33.0 Å². The van der Waals surface area contributed by atoms with Gasteiger partial charge in [0.05, 0.1) is 6.04 Å². The Morgan fingerprint density at radius 1 is 1.26 bits per heavy atom. The van der Waals surface area contributed by atoms with Crippen molar-refractivity contribution in [3.8, 4) is 11.5 Å². The van der Waals surface area contributed by atoms with Crippen molar-refractivity contribution >= 4 is 11.6 Å². The molecule has 0 radical (unpaired) electrons. The number of fused-ring (bicyclic) bond motifs is 1. The molecule has 3 rings (SSSR count). The molecule has 0 aromatic heterocycles. The standard InChI is InChI=1S/C14H17ClN2O2/c1-2-12(17-5-3-16-4-6-17)10-7-13-14(8-11(10)15)19-9-18-13/h2,7-8,12,16H,1,3-6,9H2/t12-/m0/s1. The van der Waals surface area contributed by atoms with Gasteiger partial charge < -0.3 is 14.8 Å². The maximum atomic E-state index is 6.38. The Morgan fingerprint density at radius 2 is 1.95 bits per heavy atom. The van der Waals surface area contributed by atoms with E-state index in [1.165, 1.54) is 0 Å². The van der Waals surface area contributed by atoms with Crippen LogP contribution in [0.3, 0.4) is 0 Å². The van der Waals surface area contributed by atoms with E-state index in [0.717, 1.165) is 43.2 Å². The number of ether oxygens (including phenoxy) is 2. The van der Waals surface area contributed by atoms with Crippen LogP contribution in [-0.4, -0.2) is 37.9 Å². The minimum Gasteiger partial charge on any atom is -0.454 e. The fourth-order valence-corrected chi connectivity index (χ4v) is 2.86. The number of rotatable bonds is 3. The van der Waals surface area contributed by atoms with Crippen molar-refractivity contribution in [3.63, 3.8) is 0 Å². The van der Waals surface area contributed by atoms with Gasteiger partial charge in [-0.2, -0.15) is 0 Å². The molecule has 0 bridgehead atoms. The summed E-state index contributed by atoms with van der Waals surface area (Å²) in [4.78, 5) is 2.37. The second-order valence-electron chi connectivity index (χ2n) is 4.69. The van der Waals surface area contributed by atoms with E-state index in [1.54, 1.807) is 0 Å². The minimum atomic E-state index is 0.115. The average molecular weight is 281 g/mol. The van der Waals surface area contributed by atoms with Gasteiger partial charge in [-0.3, -0.25) is 4.90 Å². The summed E-state index contributed by atoms with van der Waals surface area (Å²) >= 11 is 6.38. The Labute approximate surface area is 117 Å². The van der Waals surface area contributed by atoms with Gasteiger partial charge in [0.2, 0.25) is 6.79 Å². The molecule has 102 valence electrons. The van der Waals surface area contributed by atoms with E-state index in [1.807, 2.05) is 18.2 Å². The van der Waals surface area contributed by atoms with Crippen molar-refractivity contribution in [3.05, 3.63) is 35.4 Å². The largest absolute Gasteiger partial charge is 0.454 e. The first kappa shape index (κ1) is 12.8. The number of hydrogen-bond acceptors (Lipinski definition) is 4. The van der Waals surface area contributed by atoms with E-state index in [4.69, 9.17) is 21.1 Å². The molecule has 4 nitrogen and oxygen atoms in total. The lowest BCUT2D eigenvalue weighted by Crippen LogP contribution is -2.44. The van der Waals surface area contributed by atoms with Crippen molar-refractivity contribution < 1.29 is 9.47 Å². The lowest BCUT2D eigenvalue weighted by atomic mass is 10.0. The van der Waals surface area contributed by atoms with E-state index >= 15 is 0 Å². The number of benzene rings is 1. The SMILES string of the molecule is C=C[C@@H](c1cc2c(cc1Cl)OCO2)N1CCNCC1. The first-order valence-corrected chi connectivity index (χ1v) is 6.84. The van der Waals surface area contributed by atoms with Gasteiger partial charge in [0.25, 0.3) is 0 Å². The molecule has 0 amide bonds. The summed E-state index contributed by atoms with van der Waals surface area (Å²) in [6, 6.07) is 3.92. The number of hydrogen-bond donors (Lipinski definition) is 1. The zero-order valence-corrected chi connectivity index (χ0v) is 11.4. The van der Waals surface area contributed by atoms with Crippen LogP contribution in [0.25, 0.3) is 0 Å². The Bertz CT molecular complexity index is 487. The Hall–Kier alpha value is -1.23. The molecule has 1 aromatic carbocycles. The molecular weight excluding hydrogens is 264 g/mol. The zero-order valence-electron chi connectivity index (χ0n) is 10.7. The average Bonchev–Trinajstić information content (AvgIpc) is 2.88. The maximum absolute atomic E-state index is 6.38.